The molecule has 0 aliphatic rings. The van der Waals surface area contributed by atoms with Gasteiger partial charge in [0.1, 0.15) is 6.54 Å². The van der Waals surface area contributed by atoms with Crippen LogP contribution in [0.4, 0.5) is 11.4 Å². The standard InChI is InChI=1S/C17H18N2O8S/c1-25-15-8-7-14(10-16(15)26-2)28(23,24)18(11-17(20)27-3)12-5-4-6-13(9-12)19(21)22/h4-10H,11H2,1-3H3. The number of esters is 1. The Hall–Kier alpha value is -3.34. The van der Waals surface area contributed by atoms with Crippen LogP contribution in [0.1, 0.15) is 0 Å². The topological polar surface area (TPSA) is 125 Å². The maximum Gasteiger partial charge on any atom is 0.326 e. The number of carbonyl (C=O) groups excluding carboxylic acids is 1. The van der Waals surface area contributed by atoms with Crippen LogP contribution in [0.15, 0.2) is 47.4 Å². The first-order valence-corrected chi connectivity index (χ1v) is 9.24. The number of sulfonamides is 1. The lowest BCUT2D eigenvalue weighted by atomic mass is 10.3. The SMILES string of the molecule is COC(=O)CN(c1cccc([N+](=O)[O-])c1)S(=O)(=O)c1ccc(OC)c(OC)c1. The number of hydrogen-bond acceptors (Lipinski definition) is 8. The second-order valence-electron chi connectivity index (χ2n) is 5.38. The van der Waals surface area contributed by atoms with Crippen LogP contribution in [0, 0.1) is 10.1 Å². The van der Waals surface area contributed by atoms with Crippen LogP contribution >= 0.6 is 0 Å². The molecule has 2 aromatic carbocycles. The van der Waals surface area contributed by atoms with E-state index in [1.807, 2.05) is 0 Å². The quantitative estimate of drug-likeness (QED) is 0.367. The largest absolute Gasteiger partial charge is 0.493 e. The molecule has 0 saturated heterocycles. The van der Waals surface area contributed by atoms with Crippen molar-refractivity contribution in [2.24, 2.45) is 0 Å². The van der Waals surface area contributed by atoms with E-state index in [2.05, 4.69) is 4.74 Å². The Balaban J connectivity index is 2.61. The Kier molecular flexibility index (Phi) is 6.41. The van der Waals surface area contributed by atoms with Crippen LogP contribution in [0.25, 0.3) is 0 Å². The van der Waals surface area contributed by atoms with Crippen LogP contribution in [0.2, 0.25) is 0 Å². The van der Waals surface area contributed by atoms with Crippen molar-refractivity contribution in [1.82, 2.24) is 0 Å². The van der Waals surface area contributed by atoms with E-state index >= 15 is 0 Å². The molecule has 0 saturated carbocycles. The molecule has 0 heterocycles. The maximum absolute atomic E-state index is 13.2. The predicted molar refractivity (Wildman–Crippen MR) is 99.2 cm³/mol. The number of nitro benzene ring substituents is 1. The highest BCUT2D eigenvalue weighted by atomic mass is 32.2. The Bertz CT molecular complexity index is 990. The van der Waals surface area contributed by atoms with Gasteiger partial charge in [0.15, 0.2) is 11.5 Å². The summed E-state index contributed by atoms with van der Waals surface area (Å²) in [6.07, 6.45) is 0. The van der Waals surface area contributed by atoms with Crippen molar-refractivity contribution < 1.29 is 32.3 Å². The molecule has 150 valence electrons. The molecule has 0 amide bonds. The molecule has 2 aromatic rings. The number of rotatable bonds is 8. The van der Waals surface area contributed by atoms with Gasteiger partial charge in [-0.2, -0.15) is 0 Å². The van der Waals surface area contributed by atoms with Gasteiger partial charge in [0.25, 0.3) is 15.7 Å². The zero-order valence-electron chi connectivity index (χ0n) is 15.3. The summed E-state index contributed by atoms with van der Waals surface area (Å²) >= 11 is 0. The molecule has 0 radical (unpaired) electrons. The van der Waals surface area contributed by atoms with E-state index in [1.165, 1.54) is 50.6 Å². The minimum absolute atomic E-state index is 0.0608. The van der Waals surface area contributed by atoms with Crippen molar-refractivity contribution in [3.05, 3.63) is 52.6 Å². The number of anilines is 1. The summed E-state index contributed by atoms with van der Waals surface area (Å²) in [5.74, 6) is -0.354. The van der Waals surface area contributed by atoms with Gasteiger partial charge in [-0.3, -0.25) is 19.2 Å². The van der Waals surface area contributed by atoms with E-state index in [9.17, 15) is 23.3 Å². The minimum atomic E-state index is -4.28. The second kappa shape index (κ2) is 8.57. The van der Waals surface area contributed by atoms with Gasteiger partial charge in [-0.05, 0) is 18.2 Å². The maximum atomic E-state index is 13.2. The van der Waals surface area contributed by atoms with Gasteiger partial charge < -0.3 is 14.2 Å². The van der Waals surface area contributed by atoms with Gasteiger partial charge >= 0.3 is 5.97 Å². The van der Waals surface area contributed by atoms with Crippen LogP contribution in [-0.2, 0) is 19.6 Å². The molecule has 0 aliphatic heterocycles. The van der Waals surface area contributed by atoms with E-state index in [1.54, 1.807) is 0 Å². The number of benzene rings is 2. The van der Waals surface area contributed by atoms with Crippen molar-refractivity contribution in [2.75, 3.05) is 32.2 Å². The first kappa shape index (κ1) is 21.0. The van der Waals surface area contributed by atoms with Gasteiger partial charge in [-0.15, -0.1) is 0 Å². The third kappa shape index (κ3) is 4.31. The van der Waals surface area contributed by atoms with Crippen LogP contribution < -0.4 is 13.8 Å². The molecule has 0 aromatic heterocycles. The lowest BCUT2D eigenvalue weighted by Gasteiger charge is -2.23. The summed E-state index contributed by atoms with van der Waals surface area (Å²) in [4.78, 5) is 22.0. The average Bonchev–Trinajstić information content (AvgIpc) is 2.70. The van der Waals surface area contributed by atoms with Crippen molar-refractivity contribution in [2.45, 2.75) is 4.90 Å². The number of nitrogens with zero attached hydrogens (tertiary/aromatic N) is 2. The number of methoxy groups -OCH3 is 3. The first-order chi connectivity index (χ1) is 13.2. The number of hydrogen-bond donors (Lipinski definition) is 0. The average molecular weight is 410 g/mol. The fraction of sp³-hybridized carbons (Fsp3) is 0.235. The number of non-ortho nitro benzene ring substituents is 1. The van der Waals surface area contributed by atoms with E-state index in [0.29, 0.717) is 5.75 Å². The van der Waals surface area contributed by atoms with Crippen LogP contribution in [0.5, 0.6) is 11.5 Å². The van der Waals surface area contributed by atoms with Crippen molar-refractivity contribution in [1.29, 1.82) is 0 Å². The van der Waals surface area contributed by atoms with Gasteiger partial charge in [-0.1, -0.05) is 6.07 Å². The van der Waals surface area contributed by atoms with Gasteiger partial charge in [0.05, 0.1) is 36.8 Å². The van der Waals surface area contributed by atoms with Crippen molar-refractivity contribution in [3.8, 4) is 11.5 Å². The normalized spacial score (nSPS) is 10.8. The predicted octanol–water partition coefficient (Wildman–Crippen LogP) is 1.98. The highest BCUT2D eigenvalue weighted by Gasteiger charge is 2.29. The molecule has 0 aliphatic carbocycles. The minimum Gasteiger partial charge on any atom is -0.493 e. The Morgan fingerprint density at radius 2 is 1.75 bits per heavy atom. The van der Waals surface area contributed by atoms with Crippen molar-refractivity contribution >= 4 is 27.4 Å². The summed E-state index contributed by atoms with van der Waals surface area (Å²) in [7, 11) is -0.427. The summed E-state index contributed by atoms with van der Waals surface area (Å²) in [5, 5.41) is 11.0. The molecule has 11 heteroatoms. The summed E-state index contributed by atoms with van der Waals surface area (Å²) < 4.78 is 41.9. The summed E-state index contributed by atoms with van der Waals surface area (Å²) in [5.41, 5.74) is -0.385. The zero-order chi connectivity index (χ0) is 20.9. The molecule has 2 rings (SSSR count). The van der Waals surface area contributed by atoms with E-state index in [-0.39, 0.29) is 22.0 Å². The van der Waals surface area contributed by atoms with Gasteiger partial charge in [-0.25, -0.2) is 8.42 Å². The summed E-state index contributed by atoms with van der Waals surface area (Å²) in [6.45, 7) is -0.672. The number of ether oxygens (including phenoxy) is 3. The lowest BCUT2D eigenvalue weighted by molar-refractivity contribution is -0.384. The Morgan fingerprint density at radius 1 is 1.07 bits per heavy atom. The molecule has 0 fully saturated rings. The third-order valence-electron chi connectivity index (χ3n) is 3.77. The highest BCUT2D eigenvalue weighted by Crippen LogP contribution is 2.33. The monoisotopic (exact) mass is 410 g/mol. The number of carbonyl (C=O) groups is 1. The molecular weight excluding hydrogens is 392 g/mol. The summed E-state index contributed by atoms with van der Waals surface area (Å²) in [6, 6.07) is 8.84. The Labute approximate surface area is 161 Å². The molecule has 28 heavy (non-hydrogen) atoms. The molecule has 0 unspecified atom stereocenters. The lowest BCUT2D eigenvalue weighted by Crippen LogP contribution is -2.36. The fourth-order valence-electron chi connectivity index (χ4n) is 2.36. The van der Waals surface area contributed by atoms with E-state index < -0.39 is 27.5 Å². The first-order valence-electron chi connectivity index (χ1n) is 7.80. The molecule has 10 nitrogen and oxygen atoms in total. The number of nitro groups is 1. The van der Waals surface area contributed by atoms with E-state index in [0.717, 1.165) is 17.5 Å². The highest BCUT2D eigenvalue weighted by molar-refractivity contribution is 7.92. The van der Waals surface area contributed by atoms with Gasteiger partial charge in [0.2, 0.25) is 0 Å². The smallest absolute Gasteiger partial charge is 0.326 e. The third-order valence-corrected chi connectivity index (χ3v) is 5.54. The molecule has 0 bridgehead atoms. The molecule has 0 N–H and O–H groups in total. The zero-order valence-corrected chi connectivity index (χ0v) is 16.1. The molecular formula is C17H18N2O8S. The molecule has 0 spiro atoms. The van der Waals surface area contributed by atoms with Crippen LogP contribution in [-0.4, -0.2) is 47.2 Å². The van der Waals surface area contributed by atoms with E-state index in [4.69, 9.17) is 9.47 Å². The molecule has 0 atom stereocenters. The fourth-order valence-corrected chi connectivity index (χ4v) is 3.78. The van der Waals surface area contributed by atoms with Gasteiger partial charge in [0, 0.05) is 18.2 Å². The Morgan fingerprint density at radius 3 is 2.32 bits per heavy atom. The van der Waals surface area contributed by atoms with Crippen molar-refractivity contribution in [3.63, 3.8) is 0 Å². The van der Waals surface area contributed by atoms with Crippen LogP contribution in [0.3, 0.4) is 0 Å². The second-order valence-corrected chi connectivity index (χ2v) is 7.24.